The number of nitrogens with zero attached hydrogens (tertiary/aromatic N) is 3. The summed E-state index contributed by atoms with van der Waals surface area (Å²) < 4.78 is 33.3. The molecule has 19 rings (SSSR count). The third kappa shape index (κ3) is 12.7. The molecular formula is C77H92N4O14. The lowest BCUT2D eigenvalue weighted by atomic mass is 9.85. The van der Waals surface area contributed by atoms with Gasteiger partial charge in [0.25, 0.3) is 0 Å². The molecule has 0 spiro atoms. The number of rotatable bonds is 10. The van der Waals surface area contributed by atoms with Crippen molar-refractivity contribution in [2.24, 2.45) is 59.2 Å². The van der Waals surface area contributed by atoms with Crippen molar-refractivity contribution in [3.63, 3.8) is 0 Å². The van der Waals surface area contributed by atoms with E-state index in [1.165, 1.54) is 60.3 Å². The molecule has 95 heavy (non-hydrogen) atoms. The lowest BCUT2D eigenvalue weighted by Crippen LogP contribution is -2.43. The summed E-state index contributed by atoms with van der Waals surface area (Å²) in [6.07, 6.45) is 41.3. The van der Waals surface area contributed by atoms with Crippen molar-refractivity contribution in [2.45, 2.75) is 204 Å². The predicted molar refractivity (Wildman–Crippen MR) is 354 cm³/mol. The van der Waals surface area contributed by atoms with Gasteiger partial charge in [-0.2, -0.15) is 0 Å². The van der Waals surface area contributed by atoms with E-state index in [4.69, 9.17) is 28.4 Å². The third-order valence-corrected chi connectivity index (χ3v) is 22.5. The summed E-state index contributed by atoms with van der Waals surface area (Å²) in [7, 11) is 0. The number of ether oxygens (including phenoxy) is 6. The van der Waals surface area contributed by atoms with Gasteiger partial charge in [0.2, 0.25) is 47.3 Å². The first-order chi connectivity index (χ1) is 45.9. The fourth-order valence-electron chi connectivity index (χ4n) is 17.4. The topological polar surface area (TPSA) is 214 Å². The molecule has 2 aromatic carbocycles. The molecule has 2 aromatic rings. The highest BCUT2D eigenvalue weighted by atomic mass is 16.5. The fraction of sp³-hybridized carbons (Fsp3) is 0.558. The van der Waals surface area contributed by atoms with E-state index in [0.29, 0.717) is 31.0 Å². The Hall–Kier alpha value is -7.06. The molecule has 0 aromatic heterocycles. The van der Waals surface area contributed by atoms with Crippen LogP contribution in [-0.2, 0) is 66.8 Å². The van der Waals surface area contributed by atoms with Crippen LogP contribution in [0.1, 0.15) is 126 Å². The zero-order valence-electron chi connectivity index (χ0n) is 55.5. The Morgan fingerprint density at radius 2 is 0.842 bits per heavy atom. The standard InChI is InChI=1S/C17H17NO3.C16H23NO3.C14H17NO3.C8H7NO3.C8H12O.C8H8.C6H8O/c1-8-6-9(2)15(10(3)7-8)18-16(19)13-11-4-5-12(21-11)14(13)17(18)20;1-2-3-4-5-6-7-10-17-15(18)13-11-8-9-12(20-11)14(13)16(17)19;16-13-11-9-6-7-10(18-9)12(11)14(17)15(13)8-4-2-1-3-5-8;10-7-5-3-1-2-4(12-3)6(5)8(11)9-7;1-5-6(2)8-4-3-7(5)9-8;1-2-8-6-4-3-5-7-8;1-2-6-4-3-5(1)7-6/h4-7,11-14H,1-3H3;8-9,11-14H,2-7,10H2,1H3;6-12H,1-5H2;1-6H,(H,9,10,11);3-8H,1-2H3;2-7H,1H2;1-2,5-6H,3-4H2. The first-order valence-corrected chi connectivity index (χ1v) is 35.2. The van der Waals surface area contributed by atoms with E-state index in [1.54, 1.807) is 4.90 Å². The van der Waals surface area contributed by atoms with E-state index in [-0.39, 0.29) is 149 Å². The molecular weight excluding hydrogens is 1200 g/mol. The lowest BCUT2D eigenvalue weighted by Gasteiger charge is -2.30. The Labute approximate surface area is 557 Å². The van der Waals surface area contributed by atoms with E-state index in [0.717, 1.165) is 72.7 Å². The molecule has 17 aliphatic rings. The minimum absolute atomic E-state index is 0.00888. The Morgan fingerprint density at radius 3 is 1.22 bits per heavy atom. The van der Waals surface area contributed by atoms with Crippen molar-refractivity contribution in [1.29, 1.82) is 0 Å². The van der Waals surface area contributed by atoms with Crippen molar-refractivity contribution in [3.8, 4) is 0 Å². The van der Waals surface area contributed by atoms with Gasteiger partial charge in [0.15, 0.2) is 0 Å². The van der Waals surface area contributed by atoms with Gasteiger partial charge in [-0.3, -0.25) is 53.5 Å². The van der Waals surface area contributed by atoms with Gasteiger partial charge in [0.1, 0.15) is 0 Å². The zero-order chi connectivity index (χ0) is 66.5. The lowest BCUT2D eigenvalue weighted by molar-refractivity contribution is -0.146. The maximum atomic E-state index is 12.8. The number of likely N-dealkylation sites (tertiary alicyclic amines) is 2. The Bertz CT molecular complexity index is 3340. The summed E-state index contributed by atoms with van der Waals surface area (Å²) in [6, 6.07) is 14.2. The van der Waals surface area contributed by atoms with Gasteiger partial charge in [-0.05, 0) is 81.4 Å². The average Bonchev–Trinajstić information content (AvgIpc) is 1.59. The second-order valence-corrected chi connectivity index (χ2v) is 28.5. The number of hydrogen-bond donors (Lipinski definition) is 1. The van der Waals surface area contributed by atoms with Crippen LogP contribution < -0.4 is 10.2 Å². The Kier molecular flexibility index (Phi) is 19.7. The van der Waals surface area contributed by atoms with Crippen LogP contribution in [-0.4, -0.2) is 143 Å². The molecule has 504 valence electrons. The largest absolute Gasteiger partial charge is 0.367 e. The molecule has 22 unspecified atom stereocenters. The molecule has 1 aliphatic carbocycles. The molecule has 22 atom stereocenters. The first kappa shape index (κ1) is 66.5. The molecule has 1 saturated carbocycles. The second-order valence-electron chi connectivity index (χ2n) is 28.5. The van der Waals surface area contributed by atoms with Gasteiger partial charge in [-0.15, -0.1) is 0 Å². The minimum atomic E-state index is -0.340. The number of hydrogen-bond acceptors (Lipinski definition) is 14. The maximum absolute atomic E-state index is 12.8. The Morgan fingerprint density at radius 1 is 0.453 bits per heavy atom. The van der Waals surface area contributed by atoms with Crippen LogP contribution in [0.15, 0.2) is 122 Å². The van der Waals surface area contributed by atoms with Crippen LogP contribution >= 0.6 is 0 Å². The van der Waals surface area contributed by atoms with Gasteiger partial charge >= 0.3 is 0 Å². The number of amides is 8. The third-order valence-electron chi connectivity index (χ3n) is 22.5. The van der Waals surface area contributed by atoms with Crippen LogP contribution in [0.4, 0.5) is 5.69 Å². The normalized spacial score (nSPS) is 38.1. The molecule has 12 bridgehead atoms. The summed E-state index contributed by atoms with van der Waals surface area (Å²) in [5, 5.41) is 2.32. The van der Waals surface area contributed by atoms with Gasteiger partial charge in [-0.1, -0.05) is 206 Å². The second kappa shape index (κ2) is 28.2. The molecule has 1 N–H and O–H groups in total. The summed E-state index contributed by atoms with van der Waals surface area (Å²) in [4.78, 5) is 102. The Balaban J connectivity index is 0.000000104. The average molecular weight is 1300 g/mol. The summed E-state index contributed by atoms with van der Waals surface area (Å²) in [5.41, 5.74) is 5.00. The smallest absolute Gasteiger partial charge is 0.240 e. The number of anilines is 1. The van der Waals surface area contributed by atoms with Crippen molar-refractivity contribution in [3.05, 3.63) is 144 Å². The number of imide groups is 4. The highest BCUT2D eigenvalue weighted by molar-refractivity contribution is 6.23. The van der Waals surface area contributed by atoms with E-state index in [9.17, 15) is 38.4 Å². The van der Waals surface area contributed by atoms with Crippen molar-refractivity contribution in [1.82, 2.24) is 15.1 Å². The monoisotopic (exact) mass is 1300 g/mol. The van der Waals surface area contributed by atoms with Gasteiger partial charge in [0.05, 0.1) is 126 Å². The van der Waals surface area contributed by atoms with Crippen LogP contribution in [0.2, 0.25) is 0 Å². The van der Waals surface area contributed by atoms with Crippen LogP contribution in [0.3, 0.4) is 0 Å². The van der Waals surface area contributed by atoms with Crippen molar-refractivity contribution < 1.29 is 66.8 Å². The number of carbonyl (C=O) groups excluding carboxylic acids is 8. The molecule has 16 aliphatic heterocycles. The summed E-state index contributed by atoms with van der Waals surface area (Å²) in [6.45, 7) is 16.9. The quantitative estimate of drug-likeness (QED) is 0.133. The van der Waals surface area contributed by atoms with Crippen molar-refractivity contribution in [2.75, 3.05) is 11.4 Å². The SMILES string of the molecule is C1=CC2CCC1O2.C=Cc1ccccc1.CC1C2C=CC(O2)C1C.CCCCCCCCN1C(=O)C2C3C=CC(O3)C2C1=O.Cc1cc(C)c(N2C(=O)C3C4C=CC(O4)C3C2=O)c(C)c1.O=C1C2C3C=CC(O3)C2C(=O)N1C1CCCCC1.O=C1NC(=O)C2C3C=CC(O3)C12. The van der Waals surface area contributed by atoms with E-state index in [1.807, 2.05) is 118 Å². The molecule has 11 fully saturated rings. The molecule has 18 heteroatoms. The first-order valence-electron chi connectivity index (χ1n) is 35.2. The number of benzene rings is 2. The molecule has 0 radical (unpaired) electrons. The van der Waals surface area contributed by atoms with E-state index >= 15 is 0 Å². The van der Waals surface area contributed by atoms with Gasteiger partial charge < -0.3 is 28.4 Å². The summed E-state index contributed by atoms with van der Waals surface area (Å²) >= 11 is 0. The van der Waals surface area contributed by atoms with Crippen molar-refractivity contribution >= 4 is 59.0 Å². The number of aryl methyl sites for hydroxylation is 3. The van der Waals surface area contributed by atoms with Gasteiger partial charge in [-0.25, -0.2) is 4.90 Å². The molecule has 16 heterocycles. The number of unbranched alkanes of at least 4 members (excludes halogenated alkanes) is 5. The van der Waals surface area contributed by atoms with E-state index < -0.39 is 0 Å². The van der Waals surface area contributed by atoms with Crippen LogP contribution in [0.5, 0.6) is 0 Å². The zero-order valence-corrected chi connectivity index (χ0v) is 55.5. The minimum Gasteiger partial charge on any atom is -0.367 e. The highest BCUT2D eigenvalue weighted by Crippen LogP contribution is 2.50. The maximum Gasteiger partial charge on any atom is 0.240 e. The molecule has 8 amide bonds. The molecule has 18 nitrogen and oxygen atoms in total. The highest BCUT2D eigenvalue weighted by Gasteiger charge is 2.64. The van der Waals surface area contributed by atoms with E-state index in [2.05, 4.69) is 57.0 Å². The van der Waals surface area contributed by atoms with Crippen LogP contribution in [0.25, 0.3) is 6.08 Å². The summed E-state index contributed by atoms with van der Waals surface area (Å²) in [5.74, 6) is -1.21. The molecule has 10 saturated heterocycles. The van der Waals surface area contributed by atoms with Gasteiger partial charge in [0, 0.05) is 12.6 Å². The number of carbonyl (C=O) groups is 8. The fourth-order valence-corrected chi connectivity index (χ4v) is 17.4. The number of nitrogens with one attached hydrogen (secondary N) is 1. The number of fused-ring (bicyclic) bond motifs is 24. The predicted octanol–water partition coefficient (Wildman–Crippen LogP) is 9.84. The van der Waals surface area contributed by atoms with Crippen LogP contribution in [0, 0.1) is 80.0 Å².